The monoisotopic (exact) mass is 269 g/mol. The number of nitrogens with one attached hydrogen (secondary N) is 1. The number of hydrogen-bond donors (Lipinski definition) is 1. The van der Waals surface area contributed by atoms with E-state index < -0.39 is 10.0 Å². The minimum Gasteiger partial charge on any atom is -0.215 e. The van der Waals surface area contributed by atoms with Gasteiger partial charge in [-0.1, -0.05) is 44.5 Å². The summed E-state index contributed by atoms with van der Waals surface area (Å²) in [6.45, 7) is 4.60. The molecule has 1 aromatic carbocycles. The van der Waals surface area contributed by atoms with Gasteiger partial charge in [-0.25, -0.2) is 13.1 Å². The molecule has 0 aliphatic carbocycles. The van der Waals surface area contributed by atoms with Gasteiger partial charge in [-0.2, -0.15) is 0 Å². The number of unbranched alkanes of at least 4 members (excludes halogenated alkanes) is 1. The van der Waals surface area contributed by atoms with Crippen LogP contribution in [0.3, 0.4) is 0 Å². The highest BCUT2D eigenvalue weighted by Crippen LogP contribution is 2.05. The molecule has 0 aliphatic rings. The van der Waals surface area contributed by atoms with Crippen molar-refractivity contribution in [2.45, 2.75) is 39.5 Å². The molecule has 1 rings (SSSR count). The van der Waals surface area contributed by atoms with E-state index in [1.165, 1.54) is 11.1 Å². The van der Waals surface area contributed by atoms with Gasteiger partial charge in [0.1, 0.15) is 0 Å². The topological polar surface area (TPSA) is 46.2 Å². The van der Waals surface area contributed by atoms with Crippen molar-refractivity contribution in [3.8, 4) is 0 Å². The highest BCUT2D eigenvalue weighted by atomic mass is 32.2. The first-order chi connectivity index (χ1) is 8.57. The summed E-state index contributed by atoms with van der Waals surface area (Å²) in [5.74, 6) is 0.234. The van der Waals surface area contributed by atoms with E-state index in [2.05, 4.69) is 35.9 Å². The maximum atomic E-state index is 11.6. The first-order valence-corrected chi connectivity index (χ1v) is 8.27. The van der Waals surface area contributed by atoms with Gasteiger partial charge in [0, 0.05) is 6.54 Å². The fourth-order valence-corrected chi connectivity index (χ4v) is 2.93. The summed E-state index contributed by atoms with van der Waals surface area (Å²) in [7, 11) is -3.08. The minimum atomic E-state index is -3.08. The third-order valence-electron chi connectivity index (χ3n) is 2.93. The molecule has 1 aromatic rings. The smallest absolute Gasteiger partial charge is 0.211 e. The predicted octanol–water partition coefficient (Wildman–Crippen LogP) is 2.51. The zero-order chi connectivity index (χ0) is 13.4. The Morgan fingerprint density at radius 2 is 1.67 bits per heavy atom. The molecule has 0 fully saturated rings. The van der Waals surface area contributed by atoms with Crippen molar-refractivity contribution in [1.82, 2.24) is 4.72 Å². The Bertz CT molecular complexity index is 437. The van der Waals surface area contributed by atoms with Gasteiger partial charge in [0.05, 0.1) is 5.75 Å². The van der Waals surface area contributed by atoms with Crippen LogP contribution in [0, 0.1) is 0 Å². The van der Waals surface area contributed by atoms with Gasteiger partial charge in [0.15, 0.2) is 0 Å². The highest BCUT2D eigenvalue weighted by Gasteiger charge is 2.07. The quantitative estimate of drug-likeness (QED) is 0.788. The Hall–Kier alpha value is -0.870. The van der Waals surface area contributed by atoms with Gasteiger partial charge in [0.2, 0.25) is 10.0 Å². The molecule has 0 unspecified atom stereocenters. The van der Waals surface area contributed by atoms with E-state index in [1.807, 2.05) is 6.92 Å². The first-order valence-electron chi connectivity index (χ1n) is 6.62. The van der Waals surface area contributed by atoms with Crippen LogP contribution in [0.5, 0.6) is 0 Å². The average Bonchev–Trinajstić information content (AvgIpc) is 2.37. The van der Waals surface area contributed by atoms with Crippen LogP contribution in [0.15, 0.2) is 24.3 Å². The molecule has 0 atom stereocenters. The standard InChI is InChI=1S/C14H23NO2S/c1-3-5-12-18(16,17)15-11-10-14-8-6-13(4-2)7-9-14/h6-9,15H,3-5,10-12H2,1-2H3. The Balaban J connectivity index is 2.36. The summed E-state index contributed by atoms with van der Waals surface area (Å²) in [4.78, 5) is 0. The average molecular weight is 269 g/mol. The largest absolute Gasteiger partial charge is 0.215 e. The summed E-state index contributed by atoms with van der Waals surface area (Å²) >= 11 is 0. The highest BCUT2D eigenvalue weighted by molar-refractivity contribution is 7.89. The molecule has 0 aliphatic heterocycles. The van der Waals surface area contributed by atoms with Gasteiger partial charge in [0.25, 0.3) is 0 Å². The Labute approximate surface area is 111 Å². The second-order valence-corrected chi connectivity index (χ2v) is 6.41. The predicted molar refractivity (Wildman–Crippen MR) is 76.2 cm³/mol. The van der Waals surface area contributed by atoms with Crippen molar-refractivity contribution in [2.75, 3.05) is 12.3 Å². The summed E-state index contributed by atoms with van der Waals surface area (Å²) in [6, 6.07) is 8.33. The molecular formula is C14H23NO2S. The normalized spacial score (nSPS) is 11.7. The number of sulfonamides is 1. The fraction of sp³-hybridized carbons (Fsp3) is 0.571. The van der Waals surface area contributed by atoms with Crippen molar-refractivity contribution in [2.24, 2.45) is 0 Å². The molecular weight excluding hydrogens is 246 g/mol. The van der Waals surface area contributed by atoms with Crippen LogP contribution in [0.25, 0.3) is 0 Å². The number of rotatable bonds is 8. The van der Waals surface area contributed by atoms with Crippen molar-refractivity contribution in [3.63, 3.8) is 0 Å². The molecule has 1 N–H and O–H groups in total. The third-order valence-corrected chi connectivity index (χ3v) is 4.40. The van der Waals surface area contributed by atoms with Crippen molar-refractivity contribution in [1.29, 1.82) is 0 Å². The van der Waals surface area contributed by atoms with E-state index >= 15 is 0 Å². The summed E-state index contributed by atoms with van der Waals surface area (Å²) < 4.78 is 25.8. The molecule has 4 heteroatoms. The van der Waals surface area contributed by atoms with Crippen molar-refractivity contribution >= 4 is 10.0 Å². The Morgan fingerprint density at radius 3 is 2.22 bits per heavy atom. The van der Waals surface area contributed by atoms with Crippen LogP contribution in [-0.4, -0.2) is 20.7 Å². The second kappa shape index (κ2) is 7.54. The lowest BCUT2D eigenvalue weighted by atomic mass is 10.1. The van der Waals surface area contributed by atoms with Crippen LogP contribution in [0.2, 0.25) is 0 Å². The maximum absolute atomic E-state index is 11.6. The summed E-state index contributed by atoms with van der Waals surface area (Å²) in [5.41, 5.74) is 2.48. The molecule has 0 saturated heterocycles. The van der Waals surface area contributed by atoms with Gasteiger partial charge < -0.3 is 0 Å². The molecule has 0 radical (unpaired) electrons. The van der Waals surface area contributed by atoms with Gasteiger partial charge in [-0.15, -0.1) is 0 Å². The Kier molecular flexibility index (Phi) is 6.36. The zero-order valence-electron chi connectivity index (χ0n) is 11.3. The number of aryl methyl sites for hydroxylation is 1. The van der Waals surface area contributed by atoms with Gasteiger partial charge >= 0.3 is 0 Å². The molecule has 0 amide bonds. The molecule has 0 bridgehead atoms. The lowest BCUT2D eigenvalue weighted by Crippen LogP contribution is -2.28. The minimum absolute atomic E-state index is 0.234. The van der Waals surface area contributed by atoms with E-state index in [1.54, 1.807) is 0 Å². The summed E-state index contributed by atoms with van der Waals surface area (Å²) in [5, 5.41) is 0. The first kappa shape index (κ1) is 15.2. The third kappa shape index (κ3) is 5.65. The van der Waals surface area contributed by atoms with Gasteiger partial charge in [-0.3, -0.25) is 0 Å². The number of benzene rings is 1. The molecule has 0 heterocycles. The van der Waals surface area contributed by atoms with Crippen molar-refractivity contribution in [3.05, 3.63) is 35.4 Å². The van der Waals surface area contributed by atoms with Crippen LogP contribution in [0.4, 0.5) is 0 Å². The van der Waals surface area contributed by atoms with Crippen molar-refractivity contribution < 1.29 is 8.42 Å². The summed E-state index contributed by atoms with van der Waals surface area (Å²) in [6.07, 6.45) is 3.40. The van der Waals surface area contributed by atoms with E-state index in [9.17, 15) is 8.42 Å². The lowest BCUT2D eigenvalue weighted by molar-refractivity contribution is 0.578. The number of hydrogen-bond acceptors (Lipinski definition) is 2. The van der Waals surface area contributed by atoms with Gasteiger partial charge in [-0.05, 0) is 30.4 Å². The molecule has 0 saturated carbocycles. The van der Waals surface area contributed by atoms with Crippen LogP contribution in [0.1, 0.15) is 37.8 Å². The maximum Gasteiger partial charge on any atom is 0.211 e. The molecule has 0 aromatic heterocycles. The van der Waals surface area contributed by atoms with Crippen LogP contribution >= 0.6 is 0 Å². The Morgan fingerprint density at radius 1 is 1.06 bits per heavy atom. The van der Waals surface area contributed by atoms with E-state index in [4.69, 9.17) is 0 Å². The van der Waals surface area contributed by atoms with Crippen LogP contribution < -0.4 is 4.72 Å². The molecule has 18 heavy (non-hydrogen) atoms. The van der Waals surface area contributed by atoms with Crippen LogP contribution in [-0.2, 0) is 22.9 Å². The zero-order valence-corrected chi connectivity index (χ0v) is 12.1. The van der Waals surface area contributed by atoms with E-state index in [0.717, 1.165) is 25.7 Å². The molecule has 102 valence electrons. The lowest BCUT2D eigenvalue weighted by Gasteiger charge is -2.06. The second-order valence-electron chi connectivity index (χ2n) is 4.49. The molecule has 0 spiro atoms. The van der Waals surface area contributed by atoms with E-state index in [0.29, 0.717) is 6.54 Å². The SMILES string of the molecule is CCCCS(=O)(=O)NCCc1ccc(CC)cc1. The molecule has 3 nitrogen and oxygen atoms in total. The fourth-order valence-electron chi connectivity index (χ4n) is 1.70. The van der Waals surface area contributed by atoms with E-state index in [-0.39, 0.29) is 5.75 Å².